The van der Waals surface area contributed by atoms with E-state index >= 15 is 0 Å². The Balaban J connectivity index is 2.04. The number of aryl methyl sites for hydroxylation is 2. The molecule has 0 unspecified atom stereocenters. The number of H-pyrrole nitrogens is 1. The molecule has 6 nitrogen and oxygen atoms in total. The van der Waals surface area contributed by atoms with Crippen LogP contribution in [0, 0.1) is 19.7 Å². The van der Waals surface area contributed by atoms with Crippen molar-refractivity contribution in [1.82, 2.24) is 19.5 Å². The van der Waals surface area contributed by atoms with Crippen molar-refractivity contribution in [2.45, 2.75) is 44.0 Å². The second-order valence-corrected chi connectivity index (χ2v) is 7.68. The van der Waals surface area contributed by atoms with E-state index in [-0.39, 0.29) is 4.90 Å². The van der Waals surface area contributed by atoms with E-state index in [9.17, 15) is 12.8 Å². The summed E-state index contributed by atoms with van der Waals surface area (Å²) in [5, 5.41) is 6.88. The number of nitrogens with zero attached hydrogens (tertiary/aromatic N) is 3. The Morgan fingerprint density at radius 1 is 1.30 bits per heavy atom. The van der Waals surface area contributed by atoms with Gasteiger partial charge in [-0.2, -0.15) is 9.40 Å². The summed E-state index contributed by atoms with van der Waals surface area (Å²) in [5.74, 6) is 0.557. The van der Waals surface area contributed by atoms with E-state index < -0.39 is 21.9 Å². The molecule has 0 spiro atoms. The van der Waals surface area contributed by atoms with Crippen molar-refractivity contribution in [2.75, 3.05) is 6.54 Å². The number of nitrogens with one attached hydrogen (secondary N) is 1. The number of piperidine rings is 1. The van der Waals surface area contributed by atoms with Gasteiger partial charge in [0.2, 0.25) is 10.0 Å². The Morgan fingerprint density at radius 2 is 2.09 bits per heavy atom. The topological polar surface area (TPSA) is 79.0 Å². The fourth-order valence-electron chi connectivity index (χ4n) is 2.94. The van der Waals surface area contributed by atoms with Crippen molar-refractivity contribution < 1.29 is 12.8 Å². The molecule has 1 saturated heterocycles. The van der Waals surface area contributed by atoms with Crippen LogP contribution >= 0.6 is 0 Å². The molecule has 2 aromatic rings. The summed E-state index contributed by atoms with van der Waals surface area (Å²) in [6.45, 7) is 3.83. The monoisotopic (exact) mass is 338 g/mol. The lowest BCUT2D eigenvalue weighted by Gasteiger charge is -2.33. The number of rotatable bonds is 3. The van der Waals surface area contributed by atoms with E-state index in [0.29, 0.717) is 30.2 Å². The number of hydrogen-bond donors (Lipinski definition) is 1. The zero-order valence-electron chi connectivity index (χ0n) is 13.1. The molecule has 0 radical (unpaired) electrons. The van der Waals surface area contributed by atoms with E-state index in [4.69, 9.17) is 0 Å². The molecule has 23 heavy (non-hydrogen) atoms. The van der Waals surface area contributed by atoms with Gasteiger partial charge in [0.25, 0.3) is 0 Å². The van der Waals surface area contributed by atoms with E-state index in [1.807, 2.05) is 0 Å². The molecule has 1 aliphatic heterocycles. The minimum Gasteiger partial charge on any atom is -0.263 e. The predicted molar refractivity (Wildman–Crippen MR) is 82.7 cm³/mol. The number of halogens is 1. The van der Waals surface area contributed by atoms with Gasteiger partial charge in [-0.3, -0.25) is 5.10 Å². The molecule has 1 aromatic heterocycles. The summed E-state index contributed by atoms with van der Waals surface area (Å²) in [6, 6.07) is 3.42. The summed E-state index contributed by atoms with van der Waals surface area (Å²) in [4.78, 5) is 4.30. The van der Waals surface area contributed by atoms with Crippen molar-refractivity contribution in [2.24, 2.45) is 0 Å². The molecule has 124 valence electrons. The first-order valence-corrected chi connectivity index (χ1v) is 9.00. The number of aromatic amines is 1. The molecule has 0 saturated carbocycles. The average molecular weight is 338 g/mol. The van der Waals surface area contributed by atoms with E-state index in [2.05, 4.69) is 15.2 Å². The molecule has 1 atom stereocenters. The Hall–Kier alpha value is -1.80. The molecule has 2 heterocycles. The number of aromatic nitrogens is 3. The molecule has 0 amide bonds. The standard InChI is InChI=1S/C15H19FN4O2S/c1-10-6-7-12(16)9-14(10)23(21,22)20-8-4-3-5-13(20)15-17-11(2)18-19-15/h6-7,9,13H,3-5,8H2,1-2H3,(H,17,18,19)/t13-/m1/s1. The molecule has 1 fully saturated rings. The molecular formula is C15H19FN4O2S. The third-order valence-corrected chi connectivity index (χ3v) is 6.15. The van der Waals surface area contributed by atoms with Crippen LogP contribution in [-0.4, -0.2) is 34.4 Å². The van der Waals surface area contributed by atoms with Gasteiger partial charge >= 0.3 is 0 Å². The quantitative estimate of drug-likeness (QED) is 0.932. The molecule has 1 N–H and O–H groups in total. The number of benzene rings is 1. The van der Waals surface area contributed by atoms with Gasteiger partial charge in [-0.15, -0.1) is 0 Å². The average Bonchev–Trinajstić information content (AvgIpc) is 2.96. The van der Waals surface area contributed by atoms with Crippen molar-refractivity contribution in [3.63, 3.8) is 0 Å². The molecule has 1 aromatic carbocycles. The van der Waals surface area contributed by atoms with Gasteiger partial charge in [-0.05, 0) is 44.4 Å². The Morgan fingerprint density at radius 3 is 2.78 bits per heavy atom. The lowest BCUT2D eigenvalue weighted by Crippen LogP contribution is -2.39. The van der Waals surface area contributed by atoms with Crippen LogP contribution in [0.15, 0.2) is 23.1 Å². The van der Waals surface area contributed by atoms with Gasteiger partial charge in [-0.1, -0.05) is 12.5 Å². The van der Waals surface area contributed by atoms with Gasteiger partial charge < -0.3 is 0 Å². The minimum absolute atomic E-state index is 0.0108. The lowest BCUT2D eigenvalue weighted by molar-refractivity contribution is 0.246. The first kappa shape index (κ1) is 16.1. The van der Waals surface area contributed by atoms with Gasteiger partial charge in [0.05, 0.1) is 10.9 Å². The lowest BCUT2D eigenvalue weighted by atomic mass is 10.0. The molecule has 0 aliphatic carbocycles. The van der Waals surface area contributed by atoms with Crippen molar-refractivity contribution >= 4 is 10.0 Å². The summed E-state index contributed by atoms with van der Waals surface area (Å²) in [6.07, 6.45) is 2.34. The van der Waals surface area contributed by atoms with Crippen LogP contribution in [0.5, 0.6) is 0 Å². The fourth-order valence-corrected chi connectivity index (χ4v) is 4.83. The number of sulfonamides is 1. The summed E-state index contributed by atoms with van der Waals surface area (Å²) in [7, 11) is -3.80. The first-order valence-electron chi connectivity index (χ1n) is 7.56. The van der Waals surface area contributed by atoms with E-state index in [1.54, 1.807) is 13.8 Å². The van der Waals surface area contributed by atoms with Gasteiger partial charge in [0.1, 0.15) is 11.6 Å². The summed E-state index contributed by atoms with van der Waals surface area (Å²) in [5.41, 5.74) is 0.530. The van der Waals surface area contributed by atoms with Crippen LogP contribution in [0.4, 0.5) is 4.39 Å². The maximum Gasteiger partial charge on any atom is 0.244 e. The minimum atomic E-state index is -3.80. The van der Waals surface area contributed by atoms with Crippen LogP contribution in [0.3, 0.4) is 0 Å². The number of hydrogen-bond acceptors (Lipinski definition) is 4. The van der Waals surface area contributed by atoms with Crippen LogP contribution in [0.2, 0.25) is 0 Å². The van der Waals surface area contributed by atoms with Gasteiger partial charge in [0.15, 0.2) is 5.82 Å². The highest BCUT2D eigenvalue weighted by molar-refractivity contribution is 7.89. The third-order valence-electron chi connectivity index (χ3n) is 4.10. The highest BCUT2D eigenvalue weighted by Gasteiger charge is 2.37. The Kier molecular flexibility index (Phi) is 4.20. The van der Waals surface area contributed by atoms with Crippen LogP contribution in [0.1, 0.15) is 42.5 Å². The van der Waals surface area contributed by atoms with E-state index in [1.165, 1.54) is 16.4 Å². The summed E-state index contributed by atoms with van der Waals surface area (Å²) < 4.78 is 41.0. The highest BCUT2D eigenvalue weighted by Crippen LogP contribution is 2.34. The fraction of sp³-hybridized carbons (Fsp3) is 0.467. The molecule has 0 bridgehead atoms. The molecule has 1 aliphatic rings. The van der Waals surface area contributed by atoms with Crippen molar-refractivity contribution in [1.29, 1.82) is 0 Å². The summed E-state index contributed by atoms with van der Waals surface area (Å²) >= 11 is 0. The van der Waals surface area contributed by atoms with Crippen molar-refractivity contribution in [3.05, 3.63) is 41.2 Å². The highest BCUT2D eigenvalue weighted by atomic mass is 32.2. The normalized spacial score (nSPS) is 19.9. The molecule has 8 heteroatoms. The van der Waals surface area contributed by atoms with Crippen LogP contribution < -0.4 is 0 Å². The maximum atomic E-state index is 13.6. The van der Waals surface area contributed by atoms with Crippen molar-refractivity contribution in [3.8, 4) is 0 Å². The third kappa shape index (κ3) is 3.00. The predicted octanol–water partition coefficient (Wildman–Crippen LogP) is 2.48. The molecular weight excluding hydrogens is 319 g/mol. The maximum absolute atomic E-state index is 13.6. The smallest absolute Gasteiger partial charge is 0.244 e. The van der Waals surface area contributed by atoms with E-state index in [0.717, 1.165) is 18.9 Å². The second kappa shape index (κ2) is 6.01. The molecule has 3 rings (SSSR count). The zero-order chi connectivity index (χ0) is 16.6. The van der Waals surface area contributed by atoms with Crippen LogP contribution in [-0.2, 0) is 10.0 Å². The Bertz CT molecular complexity index is 819. The zero-order valence-corrected chi connectivity index (χ0v) is 13.9. The first-order chi connectivity index (χ1) is 10.9. The van der Waals surface area contributed by atoms with Gasteiger partial charge in [-0.25, -0.2) is 17.8 Å². The SMILES string of the molecule is Cc1nc([C@H]2CCCCN2S(=O)(=O)c2cc(F)ccc2C)n[nH]1. The largest absolute Gasteiger partial charge is 0.263 e. The second-order valence-electron chi connectivity index (χ2n) is 5.82. The Labute approximate surface area is 134 Å². The van der Waals surface area contributed by atoms with Crippen LogP contribution in [0.25, 0.3) is 0 Å². The van der Waals surface area contributed by atoms with Gasteiger partial charge in [0, 0.05) is 6.54 Å².